The zero-order valence-corrected chi connectivity index (χ0v) is 20.5. The summed E-state index contributed by atoms with van der Waals surface area (Å²) in [6, 6.07) is 12.6. The number of amides is 1. The Labute approximate surface area is 203 Å². The second-order valence-electron chi connectivity index (χ2n) is 9.34. The van der Waals surface area contributed by atoms with Gasteiger partial charge in [-0.2, -0.15) is 0 Å². The quantitative estimate of drug-likeness (QED) is 0.483. The minimum absolute atomic E-state index is 0.0971. The first-order chi connectivity index (χ1) is 16.2. The number of nitrogens with one attached hydrogen (secondary N) is 1. The van der Waals surface area contributed by atoms with Gasteiger partial charge in [-0.05, 0) is 74.6 Å². The van der Waals surface area contributed by atoms with E-state index in [0.29, 0.717) is 36.0 Å². The lowest BCUT2D eigenvalue weighted by Gasteiger charge is -2.41. The summed E-state index contributed by atoms with van der Waals surface area (Å²) in [5.74, 6) is 0.813. The van der Waals surface area contributed by atoms with Crippen molar-refractivity contribution in [2.24, 2.45) is 0 Å². The van der Waals surface area contributed by atoms with Crippen molar-refractivity contribution in [3.8, 4) is 11.4 Å². The minimum atomic E-state index is -3.29. The SMILES string of the molecule is CS(=O)(=O)C1(c2ccc(C(=O)NCCC3(c4ccnc(-c5ccc(Cl)cc5)n4)CCC3)o2)CC1. The highest BCUT2D eigenvalue weighted by atomic mass is 35.5. The van der Waals surface area contributed by atoms with Gasteiger partial charge in [-0.25, -0.2) is 18.4 Å². The Balaban J connectivity index is 1.25. The van der Waals surface area contributed by atoms with E-state index in [1.54, 1.807) is 18.3 Å². The molecular formula is C25H26ClN3O4S. The molecule has 2 aromatic heterocycles. The number of aromatic nitrogens is 2. The van der Waals surface area contributed by atoms with Gasteiger partial charge in [0.1, 0.15) is 10.5 Å². The topological polar surface area (TPSA) is 102 Å². The summed E-state index contributed by atoms with van der Waals surface area (Å²) in [5.41, 5.74) is 1.79. The highest BCUT2D eigenvalue weighted by molar-refractivity contribution is 7.91. The third-order valence-electron chi connectivity index (χ3n) is 7.19. The van der Waals surface area contributed by atoms with Crippen LogP contribution in [0.5, 0.6) is 0 Å². The standard InChI is InChI=1S/C25H26ClN3O4S/c1-34(31,32)25(12-13-25)21-8-7-19(33-21)23(30)28-16-14-24(10-2-11-24)20-9-15-27-22(29-20)17-3-5-18(26)6-4-17/h3-9,15H,2,10-14,16H2,1H3,(H,28,30). The van der Waals surface area contributed by atoms with Crippen LogP contribution in [0.4, 0.5) is 0 Å². The largest absolute Gasteiger partial charge is 0.454 e. The van der Waals surface area contributed by atoms with Gasteiger partial charge < -0.3 is 9.73 Å². The maximum Gasteiger partial charge on any atom is 0.286 e. The first-order valence-corrected chi connectivity index (χ1v) is 13.7. The van der Waals surface area contributed by atoms with E-state index in [9.17, 15) is 13.2 Å². The average Bonchev–Trinajstić information content (AvgIpc) is 3.47. The van der Waals surface area contributed by atoms with Crippen molar-refractivity contribution in [1.29, 1.82) is 0 Å². The van der Waals surface area contributed by atoms with Gasteiger partial charge in [0.05, 0.1) is 5.69 Å². The fraction of sp³-hybridized carbons (Fsp3) is 0.400. The molecule has 1 N–H and O–H groups in total. The van der Waals surface area contributed by atoms with Gasteiger partial charge in [0, 0.05) is 35.0 Å². The lowest BCUT2D eigenvalue weighted by Crippen LogP contribution is -2.39. The van der Waals surface area contributed by atoms with Gasteiger partial charge in [-0.1, -0.05) is 18.0 Å². The highest BCUT2D eigenvalue weighted by Gasteiger charge is 2.56. The molecule has 34 heavy (non-hydrogen) atoms. The van der Waals surface area contributed by atoms with Crippen LogP contribution >= 0.6 is 11.6 Å². The van der Waals surface area contributed by atoms with Crippen LogP contribution in [0.3, 0.4) is 0 Å². The number of rotatable bonds is 8. The molecule has 0 saturated heterocycles. The van der Waals surface area contributed by atoms with Crippen LogP contribution in [-0.4, -0.2) is 37.1 Å². The minimum Gasteiger partial charge on any atom is -0.454 e. The number of nitrogens with zero attached hydrogens (tertiary/aromatic N) is 2. The van der Waals surface area contributed by atoms with E-state index in [2.05, 4.69) is 10.3 Å². The lowest BCUT2D eigenvalue weighted by molar-refractivity contribution is 0.0915. The number of carbonyl (C=O) groups is 1. The van der Waals surface area contributed by atoms with E-state index in [-0.39, 0.29) is 17.1 Å². The van der Waals surface area contributed by atoms with Crippen LogP contribution in [0.1, 0.15) is 60.5 Å². The molecule has 178 valence electrons. The van der Waals surface area contributed by atoms with Gasteiger partial charge in [0.25, 0.3) is 5.91 Å². The highest BCUT2D eigenvalue weighted by Crippen LogP contribution is 2.52. The second kappa shape index (κ2) is 8.50. The molecule has 2 aliphatic rings. The monoisotopic (exact) mass is 499 g/mol. The van der Waals surface area contributed by atoms with Crippen molar-refractivity contribution in [2.75, 3.05) is 12.8 Å². The summed E-state index contributed by atoms with van der Waals surface area (Å²) in [5, 5.41) is 3.59. The number of carbonyl (C=O) groups excluding carboxylic acids is 1. The third kappa shape index (κ3) is 4.14. The molecule has 5 rings (SSSR count). The average molecular weight is 500 g/mol. The van der Waals surface area contributed by atoms with Crippen LogP contribution in [0, 0.1) is 0 Å². The van der Waals surface area contributed by atoms with Crippen molar-refractivity contribution in [1.82, 2.24) is 15.3 Å². The number of furan rings is 1. The molecule has 2 saturated carbocycles. The molecule has 0 atom stereocenters. The molecule has 2 aliphatic carbocycles. The maximum atomic E-state index is 12.7. The summed E-state index contributed by atoms with van der Waals surface area (Å²) >= 11 is 6.00. The Morgan fingerprint density at radius 2 is 1.82 bits per heavy atom. The summed E-state index contributed by atoms with van der Waals surface area (Å²) < 4.78 is 28.9. The molecule has 0 bridgehead atoms. The van der Waals surface area contributed by atoms with E-state index in [1.165, 1.54) is 6.26 Å². The molecule has 0 radical (unpaired) electrons. The van der Waals surface area contributed by atoms with Gasteiger partial charge in [0.2, 0.25) is 0 Å². The Morgan fingerprint density at radius 3 is 2.44 bits per heavy atom. The maximum absolute atomic E-state index is 12.7. The summed E-state index contributed by atoms with van der Waals surface area (Å²) in [6.45, 7) is 0.465. The molecule has 7 nitrogen and oxygen atoms in total. The van der Waals surface area contributed by atoms with E-state index in [4.69, 9.17) is 21.0 Å². The van der Waals surface area contributed by atoms with Crippen molar-refractivity contribution in [2.45, 2.75) is 48.7 Å². The second-order valence-corrected chi connectivity index (χ2v) is 12.1. The van der Waals surface area contributed by atoms with Crippen molar-refractivity contribution in [3.63, 3.8) is 0 Å². The predicted octanol–water partition coefficient (Wildman–Crippen LogP) is 4.67. The summed E-state index contributed by atoms with van der Waals surface area (Å²) in [6.07, 6.45) is 7.92. The Kier molecular flexibility index (Phi) is 5.76. The smallest absolute Gasteiger partial charge is 0.286 e. The van der Waals surface area contributed by atoms with E-state index in [1.807, 2.05) is 30.3 Å². The molecule has 1 amide bonds. The molecule has 9 heteroatoms. The van der Waals surface area contributed by atoms with Gasteiger partial charge in [-0.15, -0.1) is 0 Å². The fourth-order valence-electron chi connectivity index (χ4n) is 4.75. The molecule has 2 fully saturated rings. The third-order valence-corrected chi connectivity index (χ3v) is 9.47. The molecule has 2 heterocycles. The predicted molar refractivity (Wildman–Crippen MR) is 129 cm³/mol. The first-order valence-electron chi connectivity index (χ1n) is 11.4. The number of sulfone groups is 1. The van der Waals surface area contributed by atoms with E-state index >= 15 is 0 Å². The molecule has 0 spiro atoms. The molecule has 0 unspecified atom stereocenters. The number of benzene rings is 1. The first kappa shape index (κ1) is 23.1. The van der Waals surface area contributed by atoms with Crippen LogP contribution in [0.15, 0.2) is 53.1 Å². The molecule has 1 aromatic carbocycles. The van der Waals surface area contributed by atoms with Crippen LogP contribution in [-0.2, 0) is 20.0 Å². The zero-order valence-electron chi connectivity index (χ0n) is 18.9. The summed E-state index contributed by atoms with van der Waals surface area (Å²) in [7, 11) is -3.29. The molecule has 0 aliphatic heterocycles. The lowest BCUT2D eigenvalue weighted by atomic mass is 9.64. The van der Waals surface area contributed by atoms with Crippen LogP contribution in [0.2, 0.25) is 5.02 Å². The summed E-state index contributed by atoms with van der Waals surface area (Å²) in [4.78, 5) is 21.9. The van der Waals surface area contributed by atoms with Gasteiger partial charge in [0.15, 0.2) is 21.4 Å². The Morgan fingerprint density at radius 1 is 1.09 bits per heavy atom. The van der Waals surface area contributed by atoms with E-state index < -0.39 is 14.6 Å². The van der Waals surface area contributed by atoms with Gasteiger partial charge >= 0.3 is 0 Å². The molecular weight excluding hydrogens is 474 g/mol. The number of halogens is 1. The van der Waals surface area contributed by atoms with Crippen molar-refractivity contribution >= 4 is 27.3 Å². The normalized spacial score (nSPS) is 18.2. The Hall–Kier alpha value is -2.71. The van der Waals surface area contributed by atoms with Gasteiger partial charge in [-0.3, -0.25) is 4.79 Å². The number of hydrogen-bond donors (Lipinski definition) is 1. The van der Waals surface area contributed by atoms with Crippen molar-refractivity contribution in [3.05, 3.63) is 70.9 Å². The zero-order chi connectivity index (χ0) is 24.0. The van der Waals surface area contributed by atoms with Crippen LogP contribution in [0.25, 0.3) is 11.4 Å². The number of hydrogen-bond acceptors (Lipinski definition) is 6. The molecule has 3 aromatic rings. The van der Waals surface area contributed by atoms with Crippen molar-refractivity contribution < 1.29 is 17.6 Å². The van der Waals surface area contributed by atoms with E-state index in [0.717, 1.165) is 36.9 Å². The van der Waals surface area contributed by atoms with Crippen LogP contribution < -0.4 is 5.32 Å². The Bertz CT molecular complexity index is 1330. The fourth-order valence-corrected chi connectivity index (χ4v) is 6.20.